The number of carboxylic acid groups (broad SMARTS) is 1. The molecule has 0 aliphatic rings. The third kappa shape index (κ3) is 3.94. The maximum absolute atomic E-state index is 11.7. The van der Waals surface area contributed by atoms with Crippen LogP contribution in [-0.4, -0.2) is 16.9 Å². The molecule has 0 bridgehead atoms. The van der Waals surface area contributed by atoms with E-state index < -0.39 is 5.97 Å². The van der Waals surface area contributed by atoms with Crippen LogP contribution in [-0.2, 0) is 4.79 Å². The van der Waals surface area contributed by atoms with Crippen molar-refractivity contribution < 1.29 is 14.7 Å². The minimum Gasteiger partial charge on any atom is -0.481 e. The molecule has 3 nitrogen and oxygen atoms in total. The van der Waals surface area contributed by atoms with Gasteiger partial charge in [0.15, 0.2) is 5.78 Å². The summed E-state index contributed by atoms with van der Waals surface area (Å²) in [4.78, 5) is 22.6. The summed E-state index contributed by atoms with van der Waals surface area (Å²) in [6.45, 7) is 1.86. The molecule has 88 valence electrons. The van der Waals surface area contributed by atoms with Gasteiger partial charge in [-0.15, -0.1) is 11.3 Å². The molecule has 0 unspecified atom stereocenters. The largest absolute Gasteiger partial charge is 0.481 e. The lowest BCUT2D eigenvalue weighted by Gasteiger charge is -1.96. The van der Waals surface area contributed by atoms with E-state index in [-0.39, 0.29) is 12.2 Å². The Morgan fingerprint density at radius 1 is 1.38 bits per heavy atom. The summed E-state index contributed by atoms with van der Waals surface area (Å²) in [5.74, 6) is -0.771. The molecule has 0 fully saturated rings. The molecule has 1 aromatic heterocycles. The van der Waals surface area contributed by atoms with Crippen molar-refractivity contribution in [1.29, 1.82) is 0 Å². The Balaban J connectivity index is 2.38. The number of halogens is 1. The fraction of sp³-hybridized carbons (Fsp3) is 0.455. The quantitative estimate of drug-likeness (QED) is 0.629. The van der Waals surface area contributed by atoms with Gasteiger partial charge in [-0.2, -0.15) is 0 Å². The van der Waals surface area contributed by atoms with Crippen molar-refractivity contribution in [3.63, 3.8) is 0 Å². The minimum atomic E-state index is -0.817. The first-order valence-corrected chi connectivity index (χ1v) is 6.21. The van der Waals surface area contributed by atoms with Gasteiger partial charge >= 0.3 is 5.97 Å². The van der Waals surface area contributed by atoms with Gasteiger partial charge in [0.1, 0.15) is 0 Å². The van der Waals surface area contributed by atoms with Crippen LogP contribution in [0.5, 0.6) is 0 Å². The van der Waals surface area contributed by atoms with E-state index in [0.717, 1.165) is 5.56 Å². The number of hydrogen-bond acceptors (Lipinski definition) is 3. The molecule has 0 aliphatic heterocycles. The zero-order valence-corrected chi connectivity index (χ0v) is 10.5. The number of carbonyl (C=O) groups is 2. The van der Waals surface area contributed by atoms with E-state index in [1.807, 2.05) is 6.92 Å². The third-order valence-electron chi connectivity index (χ3n) is 2.18. The highest BCUT2D eigenvalue weighted by Gasteiger charge is 2.11. The summed E-state index contributed by atoms with van der Waals surface area (Å²) in [5, 5.41) is 8.44. The minimum absolute atomic E-state index is 0.0467. The van der Waals surface area contributed by atoms with E-state index in [1.54, 1.807) is 6.07 Å². The number of aryl methyl sites for hydroxylation is 1. The molecule has 0 saturated heterocycles. The first-order valence-electron chi connectivity index (χ1n) is 5.01. The van der Waals surface area contributed by atoms with Crippen LogP contribution >= 0.6 is 22.9 Å². The summed E-state index contributed by atoms with van der Waals surface area (Å²) in [5.41, 5.74) is 0.917. The molecule has 5 heteroatoms. The fourth-order valence-electron chi connectivity index (χ4n) is 1.28. The van der Waals surface area contributed by atoms with Crippen molar-refractivity contribution in [2.75, 3.05) is 0 Å². The lowest BCUT2D eigenvalue weighted by molar-refractivity contribution is -0.137. The summed E-state index contributed by atoms with van der Waals surface area (Å²) < 4.78 is 0.647. The van der Waals surface area contributed by atoms with Crippen LogP contribution < -0.4 is 0 Å². The number of carboxylic acids is 1. The summed E-state index contributed by atoms with van der Waals surface area (Å²) >= 11 is 7.15. The summed E-state index contributed by atoms with van der Waals surface area (Å²) in [6, 6.07) is 1.78. The first-order chi connectivity index (χ1) is 7.50. The Morgan fingerprint density at radius 2 is 2.00 bits per heavy atom. The molecule has 1 heterocycles. The molecule has 0 spiro atoms. The second kappa shape index (κ2) is 6.01. The number of rotatable bonds is 6. The standard InChI is InChI=1S/C11H13ClO3S/c1-7-6-9(16-11(7)12)8(13)4-2-3-5-10(14)15/h6H,2-5H2,1H3,(H,14,15). The number of carbonyl (C=O) groups excluding carboxylic acids is 1. The summed E-state index contributed by atoms with van der Waals surface area (Å²) in [6.07, 6.45) is 1.67. The third-order valence-corrected chi connectivity index (χ3v) is 3.77. The SMILES string of the molecule is Cc1cc(C(=O)CCCCC(=O)O)sc1Cl. The Kier molecular flexibility index (Phi) is 4.96. The number of aliphatic carboxylic acids is 1. The van der Waals surface area contributed by atoms with Crippen molar-refractivity contribution in [2.24, 2.45) is 0 Å². The van der Waals surface area contributed by atoms with E-state index in [4.69, 9.17) is 16.7 Å². The number of unbranched alkanes of at least 4 members (excludes halogenated alkanes) is 1. The highest BCUT2D eigenvalue weighted by atomic mass is 35.5. The molecular weight excluding hydrogens is 248 g/mol. The van der Waals surface area contributed by atoms with E-state index in [1.165, 1.54) is 11.3 Å². The normalized spacial score (nSPS) is 10.4. The summed E-state index contributed by atoms with van der Waals surface area (Å²) in [7, 11) is 0. The van der Waals surface area contributed by atoms with Crippen molar-refractivity contribution in [1.82, 2.24) is 0 Å². The molecular formula is C11H13ClO3S. The van der Waals surface area contributed by atoms with Crippen molar-refractivity contribution in [3.05, 3.63) is 20.8 Å². The Labute approximate surface area is 103 Å². The van der Waals surface area contributed by atoms with Gasteiger partial charge in [-0.3, -0.25) is 9.59 Å². The average Bonchev–Trinajstić information content (AvgIpc) is 2.54. The smallest absolute Gasteiger partial charge is 0.303 e. The van der Waals surface area contributed by atoms with Crippen LogP contribution in [0.2, 0.25) is 4.34 Å². The lowest BCUT2D eigenvalue weighted by Crippen LogP contribution is -1.98. The van der Waals surface area contributed by atoms with Gasteiger partial charge in [-0.1, -0.05) is 11.6 Å². The monoisotopic (exact) mass is 260 g/mol. The van der Waals surface area contributed by atoms with Gasteiger partial charge in [0.25, 0.3) is 0 Å². The van der Waals surface area contributed by atoms with Crippen LogP contribution in [0.15, 0.2) is 6.07 Å². The molecule has 16 heavy (non-hydrogen) atoms. The van der Waals surface area contributed by atoms with E-state index in [2.05, 4.69) is 0 Å². The van der Waals surface area contributed by atoms with Gasteiger partial charge < -0.3 is 5.11 Å². The van der Waals surface area contributed by atoms with E-state index >= 15 is 0 Å². The van der Waals surface area contributed by atoms with Gasteiger partial charge in [0.2, 0.25) is 0 Å². The highest BCUT2D eigenvalue weighted by Crippen LogP contribution is 2.27. The average molecular weight is 261 g/mol. The number of Topliss-reactive ketones (excluding diaryl/α,β-unsaturated/α-hetero) is 1. The van der Waals surface area contributed by atoms with Crippen LogP contribution in [0, 0.1) is 6.92 Å². The van der Waals surface area contributed by atoms with Crippen molar-refractivity contribution >= 4 is 34.7 Å². The van der Waals surface area contributed by atoms with E-state index in [9.17, 15) is 9.59 Å². The molecule has 1 N–H and O–H groups in total. The zero-order valence-electron chi connectivity index (χ0n) is 8.96. The fourth-order valence-corrected chi connectivity index (χ4v) is 2.45. The highest BCUT2D eigenvalue weighted by molar-refractivity contribution is 7.18. The Hall–Kier alpha value is -0.870. The molecule has 0 atom stereocenters. The van der Waals surface area contributed by atoms with Gasteiger partial charge in [0.05, 0.1) is 9.21 Å². The van der Waals surface area contributed by atoms with Crippen LogP contribution in [0.3, 0.4) is 0 Å². The Morgan fingerprint density at radius 3 is 2.50 bits per heavy atom. The predicted octanol–water partition coefficient (Wildman–Crippen LogP) is 3.54. The number of thiophene rings is 1. The number of ketones is 1. The second-order valence-corrected chi connectivity index (χ2v) is 5.25. The van der Waals surface area contributed by atoms with Gasteiger partial charge in [-0.25, -0.2) is 0 Å². The maximum Gasteiger partial charge on any atom is 0.303 e. The second-order valence-electron chi connectivity index (χ2n) is 3.59. The van der Waals surface area contributed by atoms with Crippen LogP contribution in [0.1, 0.15) is 40.9 Å². The molecule has 0 amide bonds. The molecule has 1 rings (SSSR count). The van der Waals surface area contributed by atoms with Gasteiger partial charge in [0, 0.05) is 12.8 Å². The lowest BCUT2D eigenvalue weighted by atomic mass is 10.1. The predicted molar refractivity (Wildman–Crippen MR) is 64.5 cm³/mol. The molecule has 1 aromatic rings. The number of hydrogen-bond donors (Lipinski definition) is 1. The molecule has 0 aromatic carbocycles. The molecule has 0 radical (unpaired) electrons. The first kappa shape index (κ1) is 13.2. The van der Waals surface area contributed by atoms with Gasteiger partial charge in [-0.05, 0) is 31.4 Å². The maximum atomic E-state index is 11.7. The topological polar surface area (TPSA) is 54.4 Å². The molecule has 0 aliphatic carbocycles. The zero-order chi connectivity index (χ0) is 12.1. The molecule has 0 saturated carbocycles. The van der Waals surface area contributed by atoms with Crippen molar-refractivity contribution in [2.45, 2.75) is 32.6 Å². The van der Waals surface area contributed by atoms with E-state index in [0.29, 0.717) is 28.5 Å². The van der Waals surface area contributed by atoms with Crippen LogP contribution in [0.4, 0.5) is 0 Å². The van der Waals surface area contributed by atoms with Crippen LogP contribution in [0.25, 0.3) is 0 Å². The van der Waals surface area contributed by atoms with Crippen molar-refractivity contribution in [3.8, 4) is 0 Å². The Bertz CT molecular complexity index is 378.